The number of rotatable bonds is 0. The van der Waals surface area contributed by atoms with Crippen LogP contribution in [0.3, 0.4) is 0 Å². The minimum absolute atomic E-state index is 0.109. The molecule has 1 saturated heterocycles. The summed E-state index contributed by atoms with van der Waals surface area (Å²) in [6, 6.07) is 0.109. The highest BCUT2D eigenvalue weighted by Gasteiger charge is 2.43. The summed E-state index contributed by atoms with van der Waals surface area (Å²) in [7, 11) is 0. The molecule has 1 amide bonds. The number of likely N-dealkylation sites (tertiary alicyclic amines) is 1. The van der Waals surface area contributed by atoms with E-state index in [1.165, 1.54) is 0 Å². The molecule has 3 atom stereocenters. The Bertz CT molecular complexity index is 372. The van der Waals surface area contributed by atoms with Gasteiger partial charge in [-0.25, -0.2) is 4.79 Å². The van der Waals surface area contributed by atoms with Crippen LogP contribution < -0.4 is 0 Å². The van der Waals surface area contributed by atoms with Gasteiger partial charge in [-0.15, -0.1) is 0 Å². The summed E-state index contributed by atoms with van der Waals surface area (Å²) in [5.74, 6) is 0.886. The topological polar surface area (TPSA) is 46.6 Å². The molecule has 2 rings (SSSR count). The molecule has 0 radical (unpaired) electrons. The van der Waals surface area contributed by atoms with Crippen molar-refractivity contribution in [3.63, 3.8) is 0 Å². The lowest BCUT2D eigenvalue weighted by molar-refractivity contribution is -0.130. The van der Waals surface area contributed by atoms with Gasteiger partial charge in [-0.2, -0.15) is 0 Å². The first-order valence-corrected chi connectivity index (χ1v) is 7.32. The van der Waals surface area contributed by atoms with Gasteiger partial charge >= 0.3 is 6.09 Å². The number of carbonyl (C=O) groups is 2. The number of amides is 1. The van der Waals surface area contributed by atoms with Gasteiger partial charge in [0.05, 0.1) is 0 Å². The summed E-state index contributed by atoms with van der Waals surface area (Å²) in [4.78, 5) is 26.0. The lowest BCUT2D eigenvalue weighted by Crippen LogP contribution is -2.54. The van der Waals surface area contributed by atoms with Crippen LogP contribution in [0.25, 0.3) is 0 Å². The van der Waals surface area contributed by atoms with Crippen LogP contribution in [0.1, 0.15) is 53.4 Å². The second-order valence-corrected chi connectivity index (χ2v) is 6.83. The number of hydrogen-bond acceptors (Lipinski definition) is 3. The van der Waals surface area contributed by atoms with Gasteiger partial charge in [0.15, 0.2) is 0 Å². The number of hydrogen-bond donors (Lipinski definition) is 0. The minimum atomic E-state index is -0.462. The summed E-state index contributed by atoms with van der Waals surface area (Å²) < 4.78 is 5.46. The summed E-state index contributed by atoms with van der Waals surface area (Å²) in [5, 5.41) is 0. The Balaban J connectivity index is 2.05. The van der Waals surface area contributed by atoms with Gasteiger partial charge < -0.3 is 9.64 Å². The molecule has 0 unspecified atom stereocenters. The molecule has 1 aliphatic carbocycles. The highest BCUT2D eigenvalue weighted by atomic mass is 16.6. The van der Waals surface area contributed by atoms with Crippen molar-refractivity contribution in [2.24, 2.45) is 11.8 Å². The van der Waals surface area contributed by atoms with Crippen LogP contribution in [0.15, 0.2) is 0 Å². The SMILES string of the molecule is C[C@H]1[C@H]2CCCC(=O)[C@@H]2CCN1C(=O)OC(C)(C)C. The Morgan fingerprint density at radius 2 is 2.00 bits per heavy atom. The second kappa shape index (κ2) is 5.14. The van der Waals surface area contributed by atoms with E-state index in [4.69, 9.17) is 4.74 Å². The van der Waals surface area contributed by atoms with Crippen molar-refractivity contribution in [2.75, 3.05) is 6.54 Å². The lowest BCUT2D eigenvalue weighted by atomic mass is 9.71. The maximum absolute atomic E-state index is 12.2. The average molecular weight is 267 g/mol. The molecule has 0 aromatic carbocycles. The van der Waals surface area contributed by atoms with Crippen LogP contribution in [0.5, 0.6) is 0 Å². The largest absolute Gasteiger partial charge is 0.444 e. The zero-order chi connectivity index (χ0) is 14.2. The number of fused-ring (bicyclic) bond motifs is 1. The molecule has 4 heteroatoms. The van der Waals surface area contributed by atoms with E-state index in [0.29, 0.717) is 18.2 Å². The quantitative estimate of drug-likeness (QED) is 0.678. The zero-order valence-corrected chi connectivity index (χ0v) is 12.4. The molecule has 1 saturated carbocycles. The monoisotopic (exact) mass is 267 g/mol. The summed E-state index contributed by atoms with van der Waals surface area (Å²) in [5.41, 5.74) is -0.462. The first-order valence-electron chi connectivity index (χ1n) is 7.32. The van der Waals surface area contributed by atoms with E-state index < -0.39 is 5.60 Å². The van der Waals surface area contributed by atoms with Crippen LogP contribution in [-0.4, -0.2) is 35.0 Å². The lowest BCUT2D eigenvalue weighted by Gasteiger charge is -2.45. The molecular formula is C15H25NO3. The maximum Gasteiger partial charge on any atom is 0.410 e. The standard InChI is InChI=1S/C15H25NO3/c1-10-11-6-5-7-13(17)12(11)8-9-16(10)14(18)19-15(2,3)4/h10-12H,5-9H2,1-4H3/t10-,11+,12+/m0/s1. The van der Waals surface area contributed by atoms with Crippen molar-refractivity contribution in [3.05, 3.63) is 0 Å². The molecule has 1 heterocycles. The van der Waals surface area contributed by atoms with Crippen LogP contribution >= 0.6 is 0 Å². The zero-order valence-electron chi connectivity index (χ0n) is 12.4. The molecule has 0 bridgehead atoms. The van der Waals surface area contributed by atoms with Gasteiger partial charge in [-0.3, -0.25) is 4.79 Å². The van der Waals surface area contributed by atoms with Crippen molar-refractivity contribution in [1.82, 2.24) is 4.90 Å². The van der Waals surface area contributed by atoms with Gasteiger partial charge in [0.2, 0.25) is 0 Å². The molecule has 0 aromatic rings. The highest BCUT2D eigenvalue weighted by molar-refractivity contribution is 5.82. The number of piperidine rings is 1. The van der Waals surface area contributed by atoms with Crippen LogP contribution in [0.2, 0.25) is 0 Å². The van der Waals surface area contributed by atoms with Crippen molar-refractivity contribution < 1.29 is 14.3 Å². The highest BCUT2D eigenvalue weighted by Crippen LogP contribution is 2.38. The third-order valence-corrected chi connectivity index (χ3v) is 4.31. The van der Waals surface area contributed by atoms with Gasteiger partial charge in [-0.05, 0) is 52.9 Å². The molecule has 2 aliphatic rings. The van der Waals surface area contributed by atoms with E-state index in [9.17, 15) is 9.59 Å². The molecule has 0 N–H and O–H groups in total. The third-order valence-electron chi connectivity index (χ3n) is 4.31. The molecule has 0 spiro atoms. The molecule has 19 heavy (non-hydrogen) atoms. The van der Waals surface area contributed by atoms with Gasteiger partial charge in [0.25, 0.3) is 0 Å². The Morgan fingerprint density at radius 3 is 2.63 bits per heavy atom. The predicted octanol–water partition coefficient (Wildman–Crippen LogP) is 3.00. The van der Waals surface area contributed by atoms with Gasteiger partial charge in [-0.1, -0.05) is 0 Å². The fourth-order valence-corrected chi connectivity index (χ4v) is 3.38. The molecule has 108 valence electrons. The van der Waals surface area contributed by atoms with Crippen molar-refractivity contribution >= 4 is 11.9 Å². The Hall–Kier alpha value is -1.06. The van der Waals surface area contributed by atoms with Gasteiger partial charge in [0, 0.05) is 24.9 Å². The van der Waals surface area contributed by atoms with E-state index in [2.05, 4.69) is 6.92 Å². The van der Waals surface area contributed by atoms with Crippen LogP contribution in [0, 0.1) is 11.8 Å². The number of Topliss-reactive ketones (excluding diaryl/α,β-unsaturated/α-hetero) is 1. The smallest absolute Gasteiger partial charge is 0.410 e. The fraction of sp³-hybridized carbons (Fsp3) is 0.867. The van der Waals surface area contributed by atoms with Crippen molar-refractivity contribution in [3.8, 4) is 0 Å². The Morgan fingerprint density at radius 1 is 1.32 bits per heavy atom. The van der Waals surface area contributed by atoms with Crippen LogP contribution in [-0.2, 0) is 9.53 Å². The first kappa shape index (κ1) is 14.4. The maximum atomic E-state index is 12.2. The third kappa shape index (κ3) is 3.10. The summed E-state index contributed by atoms with van der Waals surface area (Å²) in [6.07, 6.45) is 3.30. The second-order valence-electron chi connectivity index (χ2n) is 6.83. The Kier molecular flexibility index (Phi) is 3.88. The average Bonchev–Trinajstić information content (AvgIpc) is 2.28. The van der Waals surface area contributed by atoms with Crippen molar-refractivity contribution in [2.45, 2.75) is 65.0 Å². The van der Waals surface area contributed by atoms with Crippen LogP contribution in [0.4, 0.5) is 4.79 Å². The molecule has 2 fully saturated rings. The predicted molar refractivity (Wildman–Crippen MR) is 72.9 cm³/mol. The molecule has 1 aliphatic heterocycles. The van der Waals surface area contributed by atoms with Gasteiger partial charge in [0.1, 0.15) is 11.4 Å². The van der Waals surface area contributed by atoms with E-state index in [0.717, 1.165) is 25.7 Å². The van der Waals surface area contributed by atoms with E-state index in [-0.39, 0.29) is 18.1 Å². The van der Waals surface area contributed by atoms with E-state index in [1.54, 1.807) is 0 Å². The molecule has 4 nitrogen and oxygen atoms in total. The number of ether oxygens (including phenoxy) is 1. The fourth-order valence-electron chi connectivity index (χ4n) is 3.38. The number of carbonyl (C=O) groups excluding carboxylic acids is 2. The summed E-state index contributed by atoms with van der Waals surface area (Å²) in [6.45, 7) is 8.34. The minimum Gasteiger partial charge on any atom is -0.444 e. The van der Waals surface area contributed by atoms with Crippen molar-refractivity contribution in [1.29, 1.82) is 0 Å². The normalized spacial score (nSPS) is 31.9. The number of nitrogens with zero attached hydrogens (tertiary/aromatic N) is 1. The van der Waals surface area contributed by atoms with E-state index >= 15 is 0 Å². The van der Waals surface area contributed by atoms with E-state index in [1.807, 2.05) is 25.7 Å². The number of ketones is 1. The molecule has 0 aromatic heterocycles. The summed E-state index contributed by atoms with van der Waals surface area (Å²) >= 11 is 0. The first-order chi connectivity index (χ1) is 8.79. The molecular weight excluding hydrogens is 242 g/mol. The Labute approximate surface area is 115 Å².